The standard InChI is InChI=1S/C23H29N5O3/c1-27-18-5-3-2-4-17(18)26-21(27)14-25-22-16(12-19(29)23(22)30)15-6-7-20(24-13-15)28-8-10-31-11-9-28/h2-7,13,16,19,22-23,25,29-30H,8-12,14H2,1H3. The van der Waals surface area contributed by atoms with Gasteiger partial charge in [0.25, 0.3) is 0 Å². The van der Waals surface area contributed by atoms with E-state index < -0.39 is 12.2 Å². The molecule has 0 amide bonds. The van der Waals surface area contributed by atoms with Gasteiger partial charge >= 0.3 is 0 Å². The van der Waals surface area contributed by atoms with Gasteiger partial charge in [-0.1, -0.05) is 18.2 Å². The van der Waals surface area contributed by atoms with Crippen LogP contribution in [-0.2, 0) is 18.3 Å². The molecular formula is C23H29N5O3. The Labute approximate surface area is 181 Å². The number of imidazole rings is 1. The first-order valence-corrected chi connectivity index (χ1v) is 10.9. The average molecular weight is 424 g/mol. The predicted octanol–water partition coefficient (Wildman–Crippen LogP) is 1.17. The molecular weight excluding hydrogens is 394 g/mol. The van der Waals surface area contributed by atoms with Crippen molar-refractivity contribution in [3.8, 4) is 0 Å². The summed E-state index contributed by atoms with van der Waals surface area (Å²) in [5.74, 6) is 1.82. The third-order valence-electron chi connectivity index (χ3n) is 6.60. The summed E-state index contributed by atoms with van der Waals surface area (Å²) in [7, 11) is 2.00. The van der Waals surface area contributed by atoms with E-state index in [1.54, 1.807) is 0 Å². The number of hydrogen-bond acceptors (Lipinski definition) is 7. The van der Waals surface area contributed by atoms with Crippen LogP contribution >= 0.6 is 0 Å². The number of nitrogens with zero attached hydrogens (tertiary/aromatic N) is 4. The number of ether oxygens (including phenoxy) is 1. The molecule has 4 unspecified atom stereocenters. The summed E-state index contributed by atoms with van der Waals surface area (Å²) in [4.78, 5) is 11.6. The van der Waals surface area contributed by atoms with Crippen molar-refractivity contribution in [2.24, 2.45) is 7.05 Å². The maximum atomic E-state index is 10.7. The first-order valence-electron chi connectivity index (χ1n) is 10.9. The zero-order valence-electron chi connectivity index (χ0n) is 17.7. The zero-order chi connectivity index (χ0) is 21.4. The summed E-state index contributed by atoms with van der Waals surface area (Å²) in [6.45, 7) is 3.64. The monoisotopic (exact) mass is 423 g/mol. The van der Waals surface area contributed by atoms with Crippen LogP contribution in [0.1, 0.15) is 23.7 Å². The van der Waals surface area contributed by atoms with Gasteiger partial charge in [-0.15, -0.1) is 0 Å². The Kier molecular flexibility index (Phi) is 5.62. The van der Waals surface area contributed by atoms with Crippen molar-refractivity contribution in [2.75, 3.05) is 31.2 Å². The predicted molar refractivity (Wildman–Crippen MR) is 118 cm³/mol. The topological polar surface area (TPSA) is 95.7 Å². The van der Waals surface area contributed by atoms with E-state index in [-0.39, 0.29) is 12.0 Å². The molecule has 2 fully saturated rings. The van der Waals surface area contributed by atoms with Gasteiger partial charge in [-0.05, 0) is 30.2 Å². The Bertz CT molecular complexity index is 1030. The van der Waals surface area contributed by atoms with Crippen LogP contribution in [0.4, 0.5) is 5.82 Å². The van der Waals surface area contributed by atoms with Crippen LogP contribution in [0.25, 0.3) is 11.0 Å². The molecule has 0 bridgehead atoms. The Morgan fingerprint density at radius 3 is 2.68 bits per heavy atom. The molecule has 0 radical (unpaired) electrons. The molecule has 31 heavy (non-hydrogen) atoms. The number of nitrogens with one attached hydrogen (secondary N) is 1. The van der Waals surface area contributed by atoms with Crippen LogP contribution in [0.15, 0.2) is 42.6 Å². The van der Waals surface area contributed by atoms with Crippen LogP contribution in [0.3, 0.4) is 0 Å². The van der Waals surface area contributed by atoms with E-state index in [4.69, 9.17) is 9.72 Å². The molecule has 1 saturated heterocycles. The van der Waals surface area contributed by atoms with Crippen LogP contribution in [0, 0.1) is 0 Å². The van der Waals surface area contributed by atoms with Crippen molar-refractivity contribution in [1.29, 1.82) is 0 Å². The molecule has 5 rings (SSSR count). The highest BCUT2D eigenvalue weighted by atomic mass is 16.5. The second kappa shape index (κ2) is 8.55. The highest BCUT2D eigenvalue weighted by molar-refractivity contribution is 5.75. The van der Waals surface area contributed by atoms with Crippen LogP contribution < -0.4 is 10.2 Å². The molecule has 1 aromatic carbocycles. The maximum absolute atomic E-state index is 10.7. The molecule has 1 aliphatic carbocycles. The molecule has 3 N–H and O–H groups in total. The molecule has 2 aromatic heterocycles. The second-order valence-electron chi connectivity index (χ2n) is 8.43. The fraction of sp³-hybridized carbons (Fsp3) is 0.478. The molecule has 4 atom stereocenters. The van der Waals surface area contributed by atoms with E-state index in [1.165, 1.54) is 0 Å². The number of pyridine rings is 1. The van der Waals surface area contributed by atoms with Crippen LogP contribution in [-0.4, -0.2) is 69.3 Å². The van der Waals surface area contributed by atoms with Gasteiger partial charge in [0.2, 0.25) is 0 Å². The maximum Gasteiger partial charge on any atom is 0.128 e. The third kappa shape index (κ3) is 3.92. The van der Waals surface area contributed by atoms with Crippen molar-refractivity contribution in [1.82, 2.24) is 19.9 Å². The number of hydrogen-bond donors (Lipinski definition) is 3. The molecule has 8 nitrogen and oxygen atoms in total. The van der Waals surface area contributed by atoms with Gasteiger partial charge in [0.05, 0.1) is 43.0 Å². The van der Waals surface area contributed by atoms with Crippen LogP contribution in [0.2, 0.25) is 0 Å². The summed E-state index contributed by atoms with van der Waals surface area (Å²) < 4.78 is 7.48. The molecule has 3 aromatic rings. The van der Waals surface area contributed by atoms with Crippen LogP contribution in [0.5, 0.6) is 0 Å². The molecule has 1 saturated carbocycles. The normalized spacial score (nSPS) is 26.6. The Morgan fingerprint density at radius 1 is 1.13 bits per heavy atom. The van der Waals surface area contributed by atoms with Crippen molar-refractivity contribution in [2.45, 2.75) is 37.1 Å². The number of aliphatic hydroxyl groups excluding tert-OH is 2. The number of para-hydroxylation sites is 2. The number of anilines is 1. The van der Waals surface area contributed by atoms with Gasteiger partial charge < -0.3 is 29.7 Å². The lowest BCUT2D eigenvalue weighted by atomic mass is 9.95. The van der Waals surface area contributed by atoms with Gasteiger partial charge in [0, 0.05) is 38.3 Å². The van der Waals surface area contributed by atoms with E-state index >= 15 is 0 Å². The summed E-state index contributed by atoms with van der Waals surface area (Å²) >= 11 is 0. The SMILES string of the molecule is Cn1c(CNC2C(c3ccc(N4CCOCC4)nc3)CC(O)C2O)nc2ccccc21. The largest absolute Gasteiger partial charge is 0.390 e. The lowest BCUT2D eigenvalue weighted by Crippen LogP contribution is -2.42. The number of aromatic nitrogens is 3. The van der Waals surface area contributed by atoms with Gasteiger partial charge in [-0.25, -0.2) is 9.97 Å². The Hall–Kier alpha value is -2.52. The van der Waals surface area contributed by atoms with E-state index in [2.05, 4.69) is 25.8 Å². The van der Waals surface area contributed by atoms with Gasteiger partial charge in [0.1, 0.15) is 11.6 Å². The fourth-order valence-electron chi connectivity index (χ4n) is 4.79. The number of rotatable bonds is 5. The minimum atomic E-state index is -0.835. The summed E-state index contributed by atoms with van der Waals surface area (Å²) in [6, 6.07) is 11.8. The summed E-state index contributed by atoms with van der Waals surface area (Å²) in [5, 5.41) is 24.5. The quantitative estimate of drug-likeness (QED) is 0.567. The van der Waals surface area contributed by atoms with Crippen molar-refractivity contribution in [3.63, 3.8) is 0 Å². The number of benzene rings is 1. The third-order valence-corrected chi connectivity index (χ3v) is 6.60. The number of fused-ring (bicyclic) bond motifs is 1. The number of aryl methyl sites for hydroxylation is 1. The lowest BCUT2D eigenvalue weighted by molar-refractivity contribution is 0.0296. The van der Waals surface area contributed by atoms with E-state index in [0.29, 0.717) is 13.0 Å². The Balaban J connectivity index is 1.32. The minimum Gasteiger partial charge on any atom is -0.390 e. The molecule has 8 heteroatoms. The van der Waals surface area contributed by atoms with E-state index in [0.717, 1.165) is 54.5 Å². The van der Waals surface area contributed by atoms with Crippen molar-refractivity contribution < 1.29 is 14.9 Å². The van der Waals surface area contributed by atoms with Crippen molar-refractivity contribution in [3.05, 3.63) is 54.0 Å². The number of aliphatic hydroxyl groups is 2. The van der Waals surface area contributed by atoms with Gasteiger partial charge in [0.15, 0.2) is 0 Å². The average Bonchev–Trinajstić information content (AvgIpc) is 3.29. The first kappa shape index (κ1) is 20.4. The molecule has 3 heterocycles. The zero-order valence-corrected chi connectivity index (χ0v) is 17.7. The molecule has 2 aliphatic rings. The lowest BCUT2D eigenvalue weighted by Gasteiger charge is -2.28. The second-order valence-corrected chi connectivity index (χ2v) is 8.43. The van der Waals surface area contributed by atoms with E-state index in [1.807, 2.05) is 43.6 Å². The van der Waals surface area contributed by atoms with Gasteiger partial charge in [-0.3, -0.25) is 0 Å². The minimum absolute atomic E-state index is 0.0223. The smallest absolute Gasteiger partial charge is 0.128 e. The highest BCUT2D eigenvalue weighted by Crippen LogP contribution is 2.35. The number of morpholine rings is 1. The molecule has 0 spiro atoms. The Morgan fingerprint density at radius 2 is 1.94 bits per heavy atom. The highest BCUT2D eigenvalue weighted by Gasteiger charge is 2.42. The summed E-state index contributed by atoms with van der Waals surface area (Å²) in [6.07, 6.45) is 0.782. The molecule has 164 valence electrons. The van der Waals surface area contributed by atoms with Gasteiger partial charge in [-0.2, -0.15) is 0 Å². The molecule has 1 aliphatic heterocycles. The fourth-order valence-corrected chi connectivity index (χ4v) is 4.79. The van der Waals surface area contributed by atoms with E-state index in [9.17, 15) is 10.2 Å². The summed E-state index contributed by atoms with van der Waals surface area (Å²) in [5.41, 5.74) is 3.05. The first-order chi connectivity index (χ1) is 15.1. The van der Waals surface area contributed by atoms with Crippen molar-refractivity contribution >= 4 is 16.9 Å².